The second kappa shape index (κ2) is 6.21. The van der Waals surface area contributed by atoms with Crippen molar-refractivity contribution in [1.29, 1.82) is 0 Å². The van der Waals surface area contributed by atoms with Gasteiger partial charge in [0.15, 0.2) is 0 Å². The number of hydrogen-bond donors (Lipinski definition) is 0. The molecule has 0 bridgehead atoms. The minimum absolute atomic E-state index is 0.712. The molecule has 1 aromatic carbocycles. The van der Waals surface area contributed by atoms with Crippen molar-refractivity contribution in [2.45, 2.75) is 51.9 Å². The monoisotopic (exact) mass is 270 g/mol. The maximum Gasteiger partial charge on any atom is 0.226 e. The van der Waals surface area contributed by atoms with Gasteiger partial charge in [0.2, 0.25) is 11.7 Å². The van der Waals surface area contributed by atoms with E-state index in [1.54, 1.807) is 0 Å². The van der Waals surface area contributed by atoms with Crippen LogP contribution in [-0.4, -0.2) is 10.1 Å². The summed E-state index contributed by atoms with van der Waals surface area (Å²) in [5, 5.41) is 4.09. The lowest BCUT2D eigenvalue weighted by Crippen LogP contribution is -2.07. The molecule has 0 amide bonds. The Labute approximate surface area is 120 Å². The third-order valence-electron chi connectivity index (χ3n) is 4.27. The van der Waals surface area contributed by atoms with Crippen LogP contribution in [0.25, 0.3) is 11.4 Å². The Hall–Kier alpha value is -1.64. The summed E-state index contributed by atoms with van der Waals surface area (Å²) >= 11 is 0. The van der Waals surface area contributed by atoms with E-state index in [-0.39, 0.29) is 0 Å². The highest BCUT2D eigenvalue weighted by Crippen LogP contribution is 2.27. The van der Waals surface area contributed by atoms with Crippen molar-refractivity contribution >= 4 is 0 Å². The van der Waals surface area contributed by atoms with E-state index in [0.29, 0.717) is 5.82 Å². The Morgan fingerprint density at radius 2 is 1.85 bits per heavy atom. The highest BCUT2D eigenvalue weighted by Gasteiger charge is 2.15. The van der Waals surface area contributed by atoms with Gasteiger partial charge in [-0.2, -0.15) is 4.98 Å². The normalized spacial score (nSPS) is 16.4. The SMILES string of the molecule is Cc1ccc(-c2noc(CCC3CCCCC3)n2)cc1. The van der Waals surface area contributed by atoms with E-state index in [9.17, 15) is 0 Å². The molecule has 3 heteroatoms. The van der Waals surface area contributed by atoms with Crippen LogP contribution in [0.4, 0.5) is 0 Å². The molecule has 0 saturated heterocycles. The molecular weight excluding hydrogens is 248 g/mol. The van der Waals surface area contributed by atoms with Crippen molar-refractivity contribution in [3.63, 3.8) is 0 Å². The number of nitrogens with zero attached hydrogens (tertiary/aromatic N) is 2. The first-order valence-corrected chi connectivity index (χ1v) is 7.71. The average Bonchev–Trinajstić information content (AvgIpc) is 2.96. The molecule has 20 heavy (non-hydrogen) atoms. The fraction of sp³-hybridized carbons (Fsp3) is 0.529. The molecule has 1 saturated carbocycles. The number of rotatable bonds is 4. The van der Waals surface area contributed by atoms with Crippen molar-refractivity contribution in [3.05, 3.63) is 35.7 Å². The third kappa shape index (κ3) is 3.27. The molecular formula is C17H22N2O. The fourth-order valence-electron chi connectivity index (χ4n) is 2.98. The van der Waals surface area contributed by atoms with E-state index in [0.717, 1.165) is 23.8 Å². The first-order valence-electron chi connectivity index (χ1n) is 7.71. The highest BCUT2D eigenvalue weighted by atomic mass is 16.5. The van der Waals surface area contributed by atoms with Crippen molar-refractivity contribution in [2.24, 2.45) is 5.92 Å². The third-order valence-corrected chi connectivity index (χ3v) is 4.27. The first-order chi connectivity index (χ1) is 9.81. The maximum absolute atomic E-state index is 5.38. The van der Waals surface area contributed by atoms with Gasteiger partial charge in [-0.25, -0.2) is 0 Å². The van der Waals surface area contributed by atoms with E-state index in [4.69, 9.17) is 4.52 Å². The number of hydrogen-bond acceptors (Lipinski definition) is 3. The summed E-state index contributed by atoms with van der Waals surface area (Å²) in [6.07, 6.45) is 9.05. The van der Waals surface area contributed by atoms with Crippen LogP contribution >= 0.6 is 0 Å². The van der Waals surface area contributed by atoms with E-state index < -0.39 is 0 Å². The molecule has 1 fully saturated rings. The Kier molecular flexibility index (Phi) is 4.14. The largest absolute Gasteiger partial charge is 0.339 e. The van der Waals surface area contributed by atoms with Crippen LogP contribution in [0.5, 0.6) is 0 Å². The molecule has 0 unspecified atom stereocenters. The van der Waals surface area contributed by atoms with Gasteiger partial charge in [-0.15, -0.1) is 0 Å². The predicted octanol–water partition coefficient (Wildman–Crippen LogP) is 4.56. The van der Waals surface area contributed by atoms with Crippen LogP contribution in [0.1, 0.15) is 50.0 Å². The summed E-state index contributed by atoms with van der Waals surface area (Å²) in [6, 6.07) is 8.25. The van der Waals surface area contributed by atoms with E-state index in [1.165, 1.54) is 44.1 Å². The first kappa shape index (κ1) is 13.3. The van der Waals surface area contributed by atoms with Crippen LogP contribution in [0.2, 0.25) is 0 Å². The van der Waals surface area contributed by atoms with E-state index in [2.05, 4.69) is 29.2 Å². The minimum Gasteiger partial charge on any atom is -0.339 e. The summed E-state index contributed by atoms with van der Waals surface area (Å²) in [5.74, 6) is 2.35. The summed E-state index contributed by atoms with van der Waals surface area (Å²) < 4.78 is 5.38. The standard InChI is InChI=1S/C17H22N2O/c1-13-7-10-15(11-8-13)17-18-16(20-19-17)12-9-14-5-3-2-4-6-14/h7-8,10-11,14H,2-6,9,12H2,1H3. The van der Waals surface area contributed by atoms with Crippen molar-refractivity contribution in [2.75, 3.05) is 0 Å². The van der Waals surface area contributed by atoms with E-state index in [1.807, 2.05) is 12.1 Å². The molecule has 106 valence electrons. The van der Waals surface area contributed by atoms with Gasteiger partial charge in [0.25, 0.3) is 0 Å². The van der Waals surface area contributed by atoms with Gasteiger partial charge in [-0.1, -0.05) is 67.1 Å². The minimum atomic E-state index is 0.712. The molecule has 0 N–H and O–H groups in total. The van der Waals surface area contributed by atoms with E-state index >= 15 is 0 Å². The molecule has 0 atom stereocenters. The van der Waals surface area contributed by atoms with Crippen molar-refractivity contribution in [1.82, 2.24) is 10.1 Å². The lowest BCUT2D eigenvalue weighted by atomic mass is 9.86. The predicted molar refractivity (Wildman–Crippen MR) is 79.4 cm³/mol. The Bertz CT molecular complexity index is 538. The molecule has 3 rings (SSSR count). The Morgan fingerprint density at radius 3 is 2.60 bits per heavy atom. The van der Waals surface area contributed by atoms with Gasteiger partial charge in [0.05, 0.1) is 0 Å². The average molecular weight is 270 g/mol. The molecule has 1 aromatic heterocycles. The van der Waals surface area contributed by atoms with Crippen LogP contribution in [0.3, 0.4) is 0 Å². The number of aryl methyl sites for hydroxylation is 2. The highest BCUT2D eigenvalue weighted by molar-refractivity contribution is 5.54. The van der Waals surface area contributed by atoms with Crippen LogP contribution in [0.15, 0.2) is 28.8 Å². The van der Waals surface area contributed by atoms with Gasteiger partial charge in [0, 0.05) is 12.0 Å². The molecule has 1 aliphatic carbocycles. The zero-order chi connectivity index (χ0) is 13.8. The lowest BCUT2D eigenvalue weighted by Gasteiger charge is -2.20. The molecule has 0 radical (unpaired) electrons. The topological polar surface area (TPSA) is 38.9 Å². The Balaban J connectivity index is 1.60. The summed E-state index contributed by atoms with van der Waals surface area (Å²) in [7, 11) is 0. The van der Waals surface area contributed by atoms with Crippen LogP contribution in [0, 0.1) is 12.8 Å². The molecule has 0 aliphatic heterocycles. The molecule has 1 aliphatic rings. The molecule has 2 aromatic rings. The smallest absolute Gasteiger partial charge is 0.226 e. The number of aromatic nitrogens is 2. The maximum atomic E-state index is 5.38. The zero-order valence-electron chi connectivity index (χ0n) is 12.1. The second-order valence-electron chi connectivity index (χ2n) is 5.92. The zero-order valence-corrected chi connectivity index (χ0v) is 12.1. The summed E-state index contributed by atoms with van der Waals surface area (Å²) in [6.45, 7) is 2.08. The Morgan fingerprint density at radius 1 is 1.10 bits per heavy atom. The van der Waals surface area contributed by atoms with Gasteiger partial charge < -0.3 is 4.52 Å². The van der Waals surface area contributed by atoms with Crippen LogP contribution in [-0.2, 0) is 6.42 Å². The van der Waals surface area contributed by atoms with Crippen molar-refractivity contribution < 1.29 is 4.52 Å². The summed E-state index contributed by atoms with van der Waals surface area (Å²) in [5.41, 5.74) is 2.28. The van der Waals surface area contributed by atoms with Gasteiger partial charge in [0.1, 0.15) is 0 Å². The fourth-order valence-corrected chi connectivity index (χ4v) is 2.98. The molecule has 3 nitrogen and oxygen atoms in total. The molecule has 0 spiro atoms. The van der Waals surface area contributed by atoms with Crippen LogP contribution < -0.4 is 0 Å². The quantitative estimate of drug-likeness (QED) is 0.817. The second-order valence-corrected chi connectivity index (χ2v) is 5.92. The lowest BCUT2D eigenvalue weighted by molar-refractivity contribution is 0.315. The van der Waals surface area contributed by atoms with Gasteiger partial charge >= 0.3 is 0 Å². The molecule has 1 heterocycles. The number of benzene rings is 1. The van der Waals surface area contributed by atoms with Gasteiger partial charge in [-0.05, 0) is 19.3 Å². The van der Waals surface area contributed by atoms with Crippen molar-refractivity contribution in [3.8, 4) is 11.4 Å². The summed E-state index contributed by atoms with van der Waals surface area (Å²) in [4.78, 5) is 4.52. The van der Waals surface area contributed by atoms with Gasteiger partial charge in [-0.3, -0.25) is 0 Å².